The Labute approximate surface area is 137 Å². The summed E-state index contributed by atoms with van der Waals surface area (Å²) in [4.78, 5) is 12.9. The van der Waals surface area contributed by atoms with Crippen LogP contribution in [0, 0.1) is 6.92 Å². The summed E-state index contributed by atoms with van der Waals surface area (Å²) in [5, 5.41) is 9.73. The molecule has 5 heteroatoms. The van der Waals surface area contributed by atoms with Crippen LogP contribution in [0.1, 0.15) is 11.1 Å². The molecule has 0 atom stereocenters. The molecule has 0 aromatic heterocycles. The number of hydrogen-bond acceptors (Lipinski definition) is 2. The fourth-order valence-corrected chi connectivity index (χ4v) is 2.45. The van der Waals surface area contributed by atoms with Crippen LogP contribution < -0.4 is 4.90 Å². The van der Waals surface area contributed by atoms with Crippen molar-refractivity contribution in [2.24, 2.45) is 0 Å². The van der Waals surface area contributed by atoms with E-state index in [1.165, 1.54) is 0 Å². The summed E-state index contributed by atoms with van der Waals surface area (Å²) in [7, 11) is 0. The largest absolute Gasteiger partial charge is 0.480 e. The van der Waals surface area contributed by atoms with Gasteiger partial charge in [-0.15, -0.1) is 0 Å². The van der Waals surface area contributed by atoms with E-state index < -0.39 is 5.97 Å². The third-order valence-electron chi connectivity index (χ3n) is 3.11. The first-order chi connectivity index (χ1) is 9.95. The summed E-state index contributed by atoms with van der Waals surface area (Å²) in [6.45, 7) is 2.48. The second-order valence-electron chi connectivity index (χ2n) is 4.81. The molecule has 0 unspecified atom stereocenters. The Morgan fingerprint density at radius 2 is 1.90 bits per heavy atom. The molecule has 0 spiro atoms. The zero-order chi connectivity index (χ0) is 15.4. The first-order valence-corrected chi connectivity index (χ1v) is 7.60. The van der Waals surface area contributed by atoms with Crippen molar-refractivity contribution in [3.63, 3.8) is 0 Å². The van der Waals surface area contributed by atoms with E-state index in [1.54, 1.807) is 17.0 Å². The number of nitrogens with zero attached hydrogens (tertiary/aromatic N) is 1. The van der Waals surface area contributed by atoms with Gasteiger partial charge in [0.05, 0.1) is 0 Å². The third-order valence-corrected chi connectivity index (χ3v) is 4.26. The fraction of sp³-hybridized carbons (Fsp3) is 0.188. The minimum absolute atomic E-state index is 0.0588. The number of benzene rings is 2. The van der Waals surface area contributed by atoms with E-state index >= 15 is 0 Å². The van der Waals surface area contributed by atoms with Gasteiger partial charge in [-0.2, -0.15) is 0 Å². The second-order valence-corrected chi connectivity index (χ2v) is 6.10. The summed E-state index contributed by atoms with van der Waals surface area (Å²) >= 11 is 9.35. The first kappa shape index (κ1) is 15.9. The second kappa shape index (κ2) is 6.96. The molecule has 0 saturated heterocycles. The predicted molar refractivity (Wildman–Crippen MR) is 89.0 cm³/mol. The lowest BCUT2D eigenvalue weighted by atomic mass is 10.1. The quantitative estimate of drug-likeness (QED) is 0.844. The van der Waals surface area contributed by atoms with Gasteiger partial charge in [0.15, 0.2) is 0 Å². The van der Waals surface area contributed by atoms with Crippen molar-refractivity contribution < 1.29 is 9.90 Å². The Balaban J connectivity index is 2.25. The zero-order valence-electron chi connectivity index (χ0n) is 11.5. The monoisotopic (exact) mass is 367 g/mol. The van der Waals surface area contributed by atoms with Crippen molar-refractivity contribution in [1.82, 2.24) is 0 Å². The van der Waals surface area contributed by atoms with Gasteiger partial charge in [0.1, 0.15) is 6.54 Å². The molecule has 0 heterocycles. The average molecular weight is 369 g/mol. The van der Waals surface area contributed by atoms with Crippen LogP contribution in [0.2, 0.25) is 5.02 Å². The van der Waals surface area contributed by atoms with Gasteiger partial charge in [-0.05, 0) is 48.4 Å². The molecule has 0 aliphatic heterocycles. The van der Waals surface area contributed by atoms with Gasteiger partial charge >= 0.3 is 5.97 Å². The highest BCUT2D eigenvalue weighted by Gasteiger charge is 2.12. The maximum absolute atomic E-state index is 11.1. The van der Waals surface area contributed by atoms with Gasteiger partial charge in [0, 0.05) is 21.7 Å². The number of anilines is 1. The Bertz CT molecular complexity index is 643. The number of aryl methyl sites for hydroxylation is 1. The van der Waals surface area contributed by atoms with Gasteiger partial charge in [-0.25, -0.2) is 0 Å². The van der Waals surface area contributed by atoms with E-state index in [9.17, 15) is 4.79 Å². The lowest BCUT2D eigenvalue weighted by Gasteiger charge is -2.23. The number of aliphatic carboxylic acids is 1. The van der Waals surface area contributed by atoms with Crippen molar-refractivity contribution in [2.45, 2.75) is 13.5 Å². The Kier molecular flexibility index (Phi) is 5.26. The molecule has 2 aromatic rings. The molecular formula is C16H15BrClNO2. The maximum Gasteiger partial charge on any atom is 0.323 e. The van der Waals surface area contributed by atoms with Gasteiger partial charge in [0.2, 0.25) is 0 Å². The summed E-state index contributed by atoms with van der Waals surface area (Å²) in [5.41, 5.74) is 3.02. The van der Waals surface area contributed by atoms with Crippen molar-refractivity contribution in [3.8, 4) is 0 Å². The van der Waals surface area contributed by atoms with Gasteiger partial charge in [-0.3, -0.25) is 4.79 Å². The van der Waals surface area contributed by atoms with Gasteiger partial charge in [-0.1, -0.05) is 39.7 Å². The Hall–Kier alpha value is -1.52. The van der Waals surface area contributed by atoms with Crippen LogP contribution in [0.4, 0.5) is 5.69 Å². The molecule has 0 bridgehead atoms. The van der Waals surface area contributed by atoms with Crippen molar-refractivity contribution in [1.29, 1.82) is 0 Å². The first-order valence-electron chi connectivity index (χ1n) is 6.43. The van der Waals surface area contributed by atoms with Gasteiger partial charge < -0.3 is 10.0 Å². The lowest BCUT2D eigenvalue weighted by molar-refractivity contribution is -0.135. The SMILES string of the molecule is Cc1cc(CN(CC(=O)O)c2ccc(Cl)cc2)ccc1Br. The molecular weight excluding hydrogens is 354 g/mol. The van der Waals surface area contributed by atoms with Crippen molar-refractivity contribution in [2.75, 3.05) is 11.4 Å². The molecule has 0 saturated carbocycles. The van der Waals surface area contributed by atoms with Crippen LogP contribution in [0.15, 0.2) is 46.9 Å². The molecule has 21 heavy (non-hydrogen) atoms. The number of halogens is 2. The molecule has 1 N–H and O–H groups in total. The highest BCUT2D eigenvalue weighted by atomic mass is 79.9. The molecule has 0 amide bonds. The average Bonchev–Trinajstić information content (AvgIpc) is 2.42. The topological polar surface area (TPSA) is 40.5 Å². The molecule has 2 rings (SSSR count). The van der Waals surface area contributed by atoms with Crippen LogP contribution in [0.3, 0.4) is 0 Å². The smallest absolute Gasteiger partial charge is 0.323 e. The summed E-state index contributed by atoms with van der Waals surface area (Å²) in [5.74, 6) is -0.862. The highest BCUT2D eigenvalue weighted by Crippen LogP contribution is 2.22. The summed E-state index contributed by atoms with van der Waals surface area (Å²) in [6, 6.07) is 13.2. The van der Waals surface area contributed by atoms with E-state index in [4.69, 9.17) is 16.7 Å². The van der Waals surface area contributed by atoms with E-state index in [2.05, 4.69) is 22.0 Å². The fourth-order valence-electron chi connectivity index (χ4n) is 2.08. The van der Waals surface area contributed by atoms with E-state index in [-0.39, 0.29) is 6.54 Å². The number of hydrogen-bond donors (Lipinski definition) is 1. The van der Waals surface area contributed by atoms with Crippen molar-refractivity contribution in [3.05, 3.63) is 63.1 Å². The molecule has 0 aliphatic carbocycles. The Morgan fingerprint density at radius 1 is 1.24 bits per heavy atom. The van der Waals surface area contributed by atoms with Crippen LogP contribution in [0.25, 0.3) is 0 Å². The standard InChI is InChI=1S/C16H15BrClNO2/c1-11-8-12(2-7-15(11)17)9-19(10-16(20)21)14-5-3-13(18)4-6-14/h2-8H,9-10H2,1H3,(H,20,21). The normalized spacial score (nSPS) is 10.4. The van der Waals surface area contributed by atoms with Crippen LogP contribution in [0.5, 0.6) is 0 Å². The van der Waals surface area contributed by atoms with E-state index in [0.717, 1.165) is 21.3 Å². The van der Waals surface area contributed by atoms with E-state index in [1.807, 2.05) is 31.2 Å². The molecule has 0 fully saturated rings. The summed E-state index contributed by atoms with van der Waals surface area (Å²) < 4.78 is 1.04. The number of carbonyl (C=O) groups is 1. The zero-order valence-corrected chi connectivity index (χ0v) is 13.9. The third kappa shape index (κ3) is 4.48. The van der Waals surface area contributed by atoms with Gasteiger partial charge in [0.25, 0.3) is 0 Å². The highest BCUT2D eigenvalue weighted by molar-refractivity contribution is 9.10. The van der Waals surface area contributed by atoms with Crippen LogP contribution in [-0.2, 0) is 11.3 Å². The lowest BCUT2D eigenvalue weighted by Crippen LogP contribution is -2.29. The predicted octanol–water partition coefficient (Wildman–Crippen LogP) is 4.50. The number of carboxylic acids is 1. The molecule has 0 radical (unpaired) electrons. The number of carboxylic acid groups (broad SMARTS) is 1. The summed E-state index contributed by atoms with van der Waals surface area (Å²) in [6.07, 6.45) is 0. The van der Waals surface area contributed by atoms with Crippen LogP contribution >= 0.6 is 27.5 Å². The molecule has 2 aromatic carbocycles. The maximum atomic E-state index is 11.1. The minimum Gasteiger partial charge on any atom is -0.480 e. The number of rotatable bonds is 5. The van der Waals surface area contributed by atoms with E-state index in [0.29, 0.717) is 11.6 Å². The molecule has 3 nitrogen and oxygen atoms in total. The Morgan fingerprint density at radius 3 is 2.48 bits per heavy atom. The molecule has 110 valence electrons. The van der Waals surface area contributed by atoms with Crippen LogP contribution in [-0.4, -0.2) is 17.6 Å². The minimum atomic E-state index is -0.862. The van der Waals surface area contributed by atoms with Crippen molar-refractivity contribution >= 4 is 39.2 Å². The molecule has 0 aliphatic rings.